The number of hydrogen-bond acceptors (Lipinski definition) is 3. The van der Waals surface area contributed by atoms with Gasteiger partial charge in [-0.1, -0.05) is 30.3 Å². The molecule has 0 spiro atoms. The van der Waals surface area contributed by atoms with E-state index in [4.69, 9.17) is 0 Å². The summed E-state index contributed by atoms with van der Waals surface area (Å²) in [5, 5.41) is 10.3. The molecule has 2 aliphatic heterocycles. The molecule has 2 aliphatic rings. The van der Waals surface area contributed by atoms with Gasteiger partial charge < -0.3 is 14.9 Å². The van der Waals surface area contributed by atoms with Crippen molar-refractivity contribution >= 4 is 5.91 Å². The van der Waals surface area contributed by atoms with Gasteiger partial charge >= 0.3 is 0 Å². The Hall–Kier alpha value is -1.39. The Labute approximate surface area is 139 Å². The first-order valence-electron chi connectivity index (χ1n) is 8.98. The Balaban J connectivity index is 1.45. The van der Waals surface area contributed by atoms with Crippen LogP contribution in [0.25, 0.3) is 0 Å². The van der Waals surface area contributed by atoms with Gasteiger partial charge in [0, 0.05) is 25.6 Å². The highest BCUT2D eigenvalue weighted by Crippen LogP contribution is 2.23. The monoisotopic (exact) mass is 316 g/mol. The average molecular weight is 316 g/mol. The zero-order valence-corrected chi connectivity index (χ0v) is 13.9. The largest absolute Gasteiger partial charge is 0.387 e. The van der Waals surface area contributed by atoms with Gasteiger partial charge in [-0.05, 0) is 50.8 Å². The van der Waals surface area contributed by atoms with E-state index in [1.807, 2.05) is 30.3 Å². The fraction of sp³-hybridized carbons (Fsp3) is 0.632. The number of aliphatic hydroxyl groups is 1. The second kappa shape index (κ2) is 7.93. The molecule has 4 nitrogen and oxygen atoms in total. The summed E-state index contributed by atoms with van der Waals surface area (Å²) in [6, 6.07) is 9.83. The number of benzene rings is 1. The zero-order valence-electron chi connectivity index (χ0n) is 13.9. The highest BCUT2D eigenvalue weighted by molar-refractivity contribution is 5.79. The Kier molecular flexibility index (Phi) is 5.68. The minimum Gasteiger partial charge on any atom is -0.387 e. The average Bonchev–Trinajstić information content (AvgIpc) is 2.63. The SMILES string of the molecule is O=C(C1CCN(CC(O)c2ccccc2)CC1)N1CCCCC1. The lowest BCUT2D eigenvalue weighted by Crippen LogP contribution is -2.45. The number of piperidine rings is 2. The highest BCUT2D eigenvalue weighted by Gasteiger charge is 2.29. The molecule has 0 bridgehead atoms. The van der Waals surface area contributed by atoms with Gasteiger partial charge in [0.25, 0.3) is 0 Å². The van der Waals surface area contributed by atoms with Crippen LogP contribution in [0.5, 0.6) is 0 Å². The van der Waals surface area contributed by atoms with Crippen molar-refractivity contribution in [2.75, 3.05) is 32.7 Å². The maximum atomic E-state index is 12.6. The van der Waals surface area contributed by atoms with Crippen LogP contribution in [0.1, 0.15) is 43.8 Å². The van der Waals surface area contributed by atoms with Crippen molar-refractivity contribution < 1.29 is 9.90 Å². The molecular weight excluding hydrogens is 288 g/mol. The number of aliphatic hydroxyl groups excluding tert-OH is 1. The van der Waals surface area contributed by atoms with Crippen LogP contribution in [0, 0.1) is 5.92 Å². The molecule has 4 heteroatoms. The first kappa shape index (κ1) is 16.5. The first-order chi connectivity index (χ1) is 11.2. The zero-order chi connectivity index (χ0) is 16.1. The van der Waals surface area contributed by atoms with Crippen LogP contribution in [0.15, 0.2) is 30.3 Å². The van der Waals surface area contributed by atoms with Crippen LogP contribution in [0.4, 0.5) is 0 Å². The Morgan fingerprint density at radius 1 is 1.04 bits per heavy atom. The summed E-state index contributed by atoms with van der Waals surface area (Å²) in [5.41, 5.74) is 0.971. The number of carbonyl (C=O) groups excluding carboxylic acids is 1. The van der Waals surface area contributed by atoms with Crippen molar-refractivity contribution in [3.8, 4) is 0 Å². The number of amides is 1. The third-order valence-corrected chi connectivity index (χ3v) is 5.22. The lowest BCUT2D eigenvalue weighted by molar-refractivity contribution is -0.138. The molecule has 1 atom stereocenters. The van der Waals surface area contributed by atoms with Gasteiger partial charge in [-0.3, -0.25) is 4.79 Å². The van der Waals surface area contributed by atoms with E-state index in [1.54, 1.807) is 0 Å². The fourth-order valence-corrected chi connectivity index (χ4v) is 3.76. The lowest BCUT2D eigenvalue weighted by atomic mass is 9.94. The van der Waals surface area contributed by atoms with Gasteiger partial charge in [0.1, 0.15) is 0 Å². The molecule has 0 aromatic heterocycles. The smallest absolute Gasteiger partial charge is 0.225 e. The van der Waals surface area contributed by atoms with E-state index in [9.17, 15) is 9.90 Å². The van der Waals surface area contributed by atoms with Gasteiger partial charge in [0.2, 0.25) is 5.91 Å². The molecule has 1 amide bonds. The van der Waals surface area contributed by atoms with Crippen molar-refractivity contribution in [3.63, 3.8) is 0 Å². The molecule has 126 valence electrons. The fourth-order valence-electron chi connectivity index (χ4n) is 3.76. The third kappa shape index (κ3) is 4.33. The minimum atomic E-state index is -0.439. The van der Waals surface area contributed by atoms with Gasteiger partial charge in [0.15, 0.2) is 0 Å². The molecule has 2 fully saturated rings. The second-order valence-electron chi connectivity index (χ2n) is 6.89. The number of likely N-dealkylation sites (tertiary alicyclic amines) is 2. The summed E-state index contributed by atoms with van der Waals surface area (Å²) in [6.45, 7) is 4.38. The second-order valence-corrected chi connectivity index (χ2v) is 6.89. The van der Waals surface area contributed by atoms with Crippen LogP contribution in [0.2, 0.25) is 0 Å². The van der Waals surface area contributed by atoms with E-state index in [2.05, 4.69) is 9.80 Å². The van der Waals surface area contributed by atoms with Crippen molar-refractivity contribution in [2.24, 2.45) is 5.92 Å². The Bertz CT molecular complexity index is 491. The summed E-state index contributed by atoms with van der Waals surface area (Å²) >= 11 is 0. The summed E-state index contributed by atoms with van der Waals surface area (Å²) < 4.78 is 0. The molecule has 2 saturated heterocycles. The maximum Gasteiger partial charge on any atom is 0.225 e. The molecule has 0 radical (unpaired) electrons. The normalized spacial score (nSPS) is 22.0. The predicted molar refractivity (Wildman–Crippen MR) is 91.0 cm³/mol. The van der Waals surface area contributed by atoms with E-state index in [0.717, 1.165) is 57.4 Å². The maximum absolute atomic E-state index is 12.6. The molecule has 0 saturated carbocycles. The number of β-amino-alcohol motifs (C(OH)–C–C–N with tert-alkyl or cyclic N) is 1. The van der Waals surface area contributed by atoms with Crippen molar-refractivity contribution in [3.05, 3.63) is 35.9 Å². The number of nitrogens with zero attached hydrogens (tertiary/aromatic N) is 2. The van der Waals surface area contributed by atoms with Gasteiger partial charge in [-0.25, -0.2) is 0 Å². The molecule has 1 aromatic rings. The highest BCUT2D eigenvalue weighted by atomic mass is 16.3. The predicted octanol–water partition coefficient (Wildman–Crippen LogP) is 2.44. The number of rotatable bonds is 4. The molecule has 1 aromatic carbocycles. The van der Waals surface area contributed by atoms with Crippen LogP contribution in [0.3, 0.4) is 0 Å². The molecular formula is C19H28N2O2. The quantitative estimate of drug-likeness (QED) is 0.928. The van der Waals surface area contributed by atoms with E-state index in [0.29, 0.717) is 12.5 Å². The van der Waals surface area contributed by atoms with Gasteiger partial charge in [0.05, 0.1) is 6.10 Å². The Morgan fingerprint density at radius 2 is 1.70 bits per heavy atom. The van der Waals surface area contributed by atoms with Crippen LogP contribution < -0.4 is 0 Å². The van der Waals surface area contributed by atoms with E-state index >= 15 is 0 Å². The molecule has 1 unspecified atom stereocenters. The minimum absolute atomic E-state index is 0.193. The van der Waals surface area contributed by atoms with Crippen molar-refractivity contribution in [2.45, 2.75) is 38.2 Å². The van der Waals surface area contributed by atoms with Crippen molar-refractivity contribution in [1.29, 1.82) is 0 Å². The lowest BCUT2D eigenvalue weighted by Gasteiger charge is -2.36. The molecule has 3 rings (SSSR count). The summed E-state index contributed by atoms with van der Waals surface area (Å²) in [4.78, 5) is 16.9. The van der Waals surface area contributed by atoms with E-state index in [-0.39, 0.29) is 5.92 Å². The first-order valence-corrected chi connectivity index (χ1v) is 8.98. The summed E-state index contributed by atoms with van der Waals surface area (Å²) in [5.74, 6) is 0.561. The summed E-state index contributed by atoms with van der Waals surface area (Å²) in [6.07, 6.45) is 5.00. The number of hydrogen-bond donors (Lipinski definition) is 1. The molecule has 1 N–H and O–H groups in total. The molecule has 2 heterocycles. The van der Waals surface area contributed by atoms with Crippen LogP contribution in [-0.4, -0.2) is 53.5 Å². The summed E-state index contributed by atoms with van der Waals surface area (Å²) in [7, 11) is 0. The van der Waals surface area contributed by atoms with Gasteiger partial charge in [-0.2, -0.15) is 0 Å². The topological polar surface area (TPSA) is 43.8 Å². The Morgan fingerprint density at radius 3 is 2.35 bits per heavy atom. The van der Waals surface area contributed by atoms with Crippen LogP contribution in [-0.2, 0) is 4.79 Å². The van der Waals surface area contributed by atoms with Gasteiger partial charge in [-0.15, -0.1) is 0 Å². The van der Waals surface area contributed by atoms with Crippen molar-refractivity contribution in [1.82, 2.24) is 9.80 Å². The van der Waals surface area contributed by atoms with Crippen LogP contribution >= 0.6 is 0 Å². The molecule has 0 aliphatic carbocycles. The third-order valence-electron chi connectivity index (χ3n) is 5.22. The standard InChI is InChI=1S/C19H28N2O2/c22-18(16-7-3-1-4-8-16)15-20-13-9-17(10-14-20)19(23)21-11-5-2-6-12-21/h1,3-4,7-8,17-18,22H,2,5-6,9-15H2. The number of carbonyl (C=O) groups is 1. The molecule has 23 heavy (non-hydrogen) atoms. The van der Waals surface area contributed by atoms with E-state index in [1.165, 1.54) is 6.42 Å². The van der Waals surface area contributed by atoms with E-state index < -0.39 is 6.10 Å².